The van der Waals surface area contributed by atoms with Gasteiger partial charge in [0.25, 0.3) is 0 Å². The van der Waals surface area contributed by atoms with E-state index in [1.165, 1.54) is 5.56 Å². The molecule has 158 valence electrons. The molecule has 0 atom stereocenters. The van der Waals surface area contributed by atoms with Crippen molar-refractivity contribution in [2.45, 2.75) is 26.2 Å². The summed E-state index contributed by atoms with van der Waals surface area (Å²) in [5, 5.41) is 11.1. The van der Waals surface area contributed by atoms with E-state index in [0.29, 0.717) is 0 Å². The van der Waals surface area contributed by atoms with Crippen LogP contribution in [-0.4, -0.2) is 15.1 Å². The molecule has 0 fully saturated rings. The van der Waals surface area contributed by atoms with Crippen molar-refractivity contribution < 1.29 is 5.11 Å². The predicted octanol–water partition coefficient (Wildman–Crippen LogP) is 7.70. The summed E-state index contributed by atoms with van der Waals surface area (Å²) < 4.78 is 1.10. The summed E-state index contributed by atoms with van der Waals surface area (Å²) in [4.78, 5) is 9.54. The molecule has 0 radical (unpaired) electrons. The van der Waals surface area contributed by atoms with Gasteiger partial charge in [0.1, 0.15) is 10.8 Å². The van der Waals surface area contributed by atoms with Crippen molar-refractivity contribution in [2.24, 2.45) is 0 Å². The summed E-state index contributed by atoms with van der Waals surface area (Å²) in [6.45, 7) is 6.69. The molecular formula is C28H24N2OS. The smallest absolute Gasteiger partial charge is 0.128 e. The van der Waals surface area contributed by atoms with Gasteiger partial charge in [-0.15, -0.1) is 11.3 Å². The monoisotopic (exact) mass is 436 g/mol. The molecule has 0 aliphatic rings. The number of para-hydroxylation sites is 2. The number of benzene rings is 3. The maximum Gasteiger partial charge on any atom is 0.128 e. The van der Waals surface area contributed by atoms with Crippen molar-refractivity contribution in [1.29, 1.82) is 0 Å². The molecule has 4 heteroatoms. The highest BCUT2D eigenvalue weighted by Gasteiger charge is 2.19. The lowest BCUT2D eigenvalue weighted by molar-refractivity contribution is 0.477. The largest absolute Gasteiger partial charge is 0.507 e. The van der Waals surface area contributed by atoms with Crippen LogP contribution in [0.3, 0.4) is 0 Å². The van der Waals surface area contributed by atoms with Gasteiger partial charge in [0.15, 0.2) is 0 Å². The minimum absolute atomic E-state index is 0.00347. The number of nitrogens with zero attached hydrogens (tertiary/aromatic N) is 2. The van der Waals surface area contributed by atoms with Gasteiger partial charge in [-0.1, -0.05) is 57.2 Å². The zero-order chi connectivity index (χ0) is 22.3. The van der Waals surface area contributed by atoms with E-state index in [1.807, 2.05) is 42.6 Å². The van der Waals surface area contributed by atoms with Gasteiger partial charge in [-0.05, 0) is 59.0 Å². The molecule has 0 aliphatic heterocycles. The molecule has 0 amide bonds. The van der Waals surface area contributed by atoms with Gasteiger partial charge in [0.05, 0.1) is 21.5 Å². The number of fused-ring (bicyclic) bond motifs is 1. The van der Waals surface area contributed by atoms with Crippen LogP contribution in [0.1, 0.15) is 26.3 Å². The number of aromatic hydroxyl groups is 1. The van der Waals surface area contributed by atoms with Gasteiger partial charge in [0.2, 0.25) is 0 Å². The number of rotatable bonds is 3. The summed E-state index contributed by atoms with van der Waals surface area (Å²) >= 11 is 1.60. The first-order chi connectivity index (χ1) is 15.4. The van der Waals surface area contributed by atoms with E-state index in [-0.39, 0.29) is 11.2 Å². The Kier molecular flexibility index (Phi) is 5.03. The van der Waals surface area contributed by atoms with Gasteiger partial charge in [-0.25, -0.2) is 4.98 Å². The maximum absolute atomic E-state index is 10.3. The lowest BCUT2D eigenvalue weighted by Crippen LogP contribution is -2.11. The van der Waals surface area contributed by atoms with E-state index in [9.17, 15) is 5.11 Å². The van der Waals surface area contributed by atoms with E-state index in [4.69, 9.17) is 4.98 Å². The van der Waals surface area contributed by atoms with Gasteiger partial charge in [0, 0.05) is 17.3 Å². The van der Waals surface area contributed by atoms with E-state index in [1.54, 1.807) is 17.4 Å². The first-order valence-electron chi connectivity index (χ1n) is 10.7. The lowest BCUT2D eigenvalue weighted by atomic mass is 9.83. The average Bonchev–Trinajstić information content (AvgIpc) is 3.23. The molecular weight excluding hydrogens is 412 g/mol. The predicted molar refractivity (Wildman–Crippen MR) is 134 cm³/mol. The van der Waals surface area contributed by atoms with Gasteiger partial charge >= 0.3 is 0 Å². The fourth-order valence-corrected chi connectivity index (χ4v) is 4.88. The van der Waals surface area contributed by atoms with E-state index >= 15 is 0 Å². The summed E-state index contributed by atoms with van der Waals surface area (Å²) in [6, 6.07) is 26.4. The van der Waals surface area contributed by atoms with Crippen LogP contribution in [0.5, 0.6) is 5.75 Å². The van der Waals surface area contributed by atoms with E-state index in [0.717, 1.165) is 43.2 Å². The molecule has 3 nitrogen and oxygen atoms in total. The Morgan fingerprint density at radius 2 is 1.53 bits per heavy atom. The maximum atomic E-state index is 10.3. The molecule has 0 aliphatic carbocycles. The average molecular weight is 437 g/mol. The number of aromatic nitrogens is 2. The van der Waals surface area contributed by atoms with Crippen molar-refractivity contribution in [3.05, 3.63) is 90.6 Å². The van der Waals surface area contributed by atoms with Crippen LogP contribution < -0.4 is 0 Å². The molecule has 0 unspecified atom stereocenters. The highest BCUT2D eigenvalue weighted by Crippen LogP contribution is 2.40. The van der Waals surface area contributed by atoms with Gasteiger partial charge in [-0.2, -0.15) is 0 Å². The molecule has 3 aromatic carbocycles. The fraction of sp³-hybridized carbons (Fsp3) is 0.143. The second-order valence-corrected chi connectivity index (χ2v) is 9.98. The Morgan fingerprint density at radius 1 is 0.781 bits per heavy atom. The lowest BCUT2D eigenvalue weighted by Gasteiger charge is -2.21. The van der Waals surface area contributed by atoms with E-state index < -0.39 is 0 Å². The second-order valence-electron chi connectivity index (χ2n) is 8.95. The number of thiazole rings is 1. The third-order valence-corrected chi connectivity index (χ3v) is 6.68. The highest BCUT2D eigenvalue weighted by atomic mass is 32.1. The SMILES string of the molecule is CC(C)(C)c1cc(-c2ccccn2)cc(-c2cccc3sc(-c4ccccc4O)nc23)c1. The Labute approximate surface area is 192 Å². The van der Waals surface area contributed by atoms with Crippen LogP contribution in [0.25, 0.3) is 43.2 Å². The zero-order valence-corrected chi connectivity index (χ0v) is 19.1. The third kappa shape index (κ3) is 3.78. The standard InChI is InChI=1S/C28H24N2OS/c1-28(2,3)20-16-18(15-19(17-20)23-11-6-7-14-29-23)21-10-8-13-25-26(21)30-27(32-25)22-9-4-5-12-24(22)31/h4-17,31H,1-3H3. The molecule has 1 N–H and O–H groups in total. The molecule has 2 heterocycles. The van der Waals surface area contributed by atoms with Gasteiger partial charge in [-0.3, -0.25) is 4.98 Å². The molecule has 0 bridgehead atoms. The molecule has 0 saturated carbocycles. The van der Waals surface area contributed by atoms with Crippen molar-refractivity contribution in [1.82, 2.24) is 9.97 Å². The number of hydrogen-bond acceptors (Lipinski definition) is 4. The van der Waals surface area contributed by atoms with Crippen molar-refractivity contribution in [2.75, 3.05) is 0 Å². The summed E-state index contributed by atoms with van der Waals surface area (Å²) in [5.41, 5.74) is 7.23. The normalized spacial score (nSPS) is 11.7. The van der Waals surface area contributed by atoms with Crippen LogP contribution >= 0.6 is 11.3 Å². The first-order valence-corrected chi connectivity index (χ1v) is 11.5. The van der Waals surface area contributed by atoms with Crippen molar-refractivity contribution in [3.8, 4) is 38.7 Å². The Balaban J connectivity index is 1.72. The number of pyridine rings is 1. The number of phenols is 1. The van der Waals surface area contributed by atoms with Crippen LogP contribution in [0.4, 0.5) is 0 Å². The third-order valence-electron chi connectivity index (χ3n) is 5.62. The molecule has 0 spiro atoms. The number of phenolic OH excluding ortho intramolecular Hbond substituents is 1. The minimum Gasteiger partial charge on any atom is -0.507 e. The van der Waals surface area contributed by atoms with Crippen LogP contribution in [0.2, 0.25) is 0 Å². The van der Waals surface area contributed by atoms with Crippen molar-refractivity contribution >= 4 is 21.6 Å². The molecule has 5 rings (SSSR count). The van der Waals surface area contributed by atoms with Crippen LogP contribution in [-0.2, 0) is 5.41 Å². The summed E-state index contributed by atoms with van der Waals surface area (Å²) in [5.74, 6) is 0.250. The van der Waals surface area contributed by atoms with Gasteiger partial charge < -0.3 is 5.11 Å². The van der Waals surface area contributed by atoms with Crippen LogP contribution in [0.15, 0.2) is 85.1 Å². The Bertz CT molecular complexity index is 1410. The first kappa shape index (κ1) is 20.4. The quantitative estimate of drug-likeness (QED) is 0.315. The molecule has 0 saturated heterocycles. The van der Waals surface area contributed by atoms with Crippen LogP contribution in [0, 0.1) is 0 Å². The molecule has 5 aromatic rings. The molecule has 2 aromatic heterocycles. The molecule has 32 heavy (non-hydrogen) atoms. The Hall–Kier alpha value is -3.50. The van der Waals surface area contributed by atoms with E-state index in [2.05, 4.69) is 62.2 Å². The Morgan fingerprint density at radius 3 is 2.28 bits per heavy atom. The highest BCUT2D eigenvalue weighted by molar-refractivity contribution is 7.21. The number of hydrogen-bond donors (Lipinski definition) is 1. The summed E-state index contributed by atoms with van der Waals surface area (Å²) in [7, 11) is 0. The topological polar surface area (TPSA) is 46.0 Å². The second kappa shape index (κ2) is 7.88. The fourth-order valence-electron chi connectivity index (χ4n) is 3.85. The summed E-state index contributed by atoms with van der Waals surface area (Å²) in [6.07, 6.45) is 1.83. The minimum atomic E-state index is -0.00347. The zero-order valence-electron chi connectivity index (χ0n) is 18.3. The van der Waals surface area contributed by atoms with Crippen molar-refractivity contribution in [3.63, 3.8) is 0 Å².